The van der Waals surface area contributed by atoms with Crippen molar-refractivity contribution < 1.29 is 0 Å². The topological polar surface area (TPSA) is 0 Å². The third-order valence-electron chi connectivity index (χ3n) is 10.7. The van der Waals surface area contributed by atoms with Crippen LogP contribution in [0.2, 0.25) is 0 Å². The van der Waals surface area contributed by atoms with Crippen molar-refractivity contribution in [3.63, 3.8) is 0 Å². The molecule has 0 unspecified atom stereocenters. The monoisotopic (exact) mass is 386 g/mol. The van der Waals surface area contributed by atoms with Gasteiger partial charge in [-0.05, 0) is 118 Å². The summed E-state index contributed by atoms with van der Waals surface area (Å²) in [6.07, 6.45) is 31.1. The SMILES string of the molecule is CCCCC[C@H]1CC[C@H](C2CCC(C34CCC(CCC)(CC3)CC4)CC2)CC1. The lowest BCUT2D eigenvalue weighted by Gasteiger charge is -2.58. The molecule has 28 heavy (non-hydrogen) atoms. The maximum Gasteiger partial charge on any atom is -0.0269 e. The summed E-state index contributed by atoms with van der Waals surface area (Å²) in [6.45, 7) is 4.75. The van der Waals surface area contributed by atoms with Crippen molar-refractivity contribution in [3.8, 4) is 0 Å². The maximum atomic E-state index is 2.41. The van der Waals surface area contributed by atoms with Crippen LogP contribution in [0.3, 0.4) is 0 Å². The van der Waals surface area contributed by atoms with Crippen molar-refractivity contribution in [3.05, 3.63) is 0 Å². The lowest BCUT2D eigenvalue weighted by atomic mass is 9.47. The molecule has 0 heterocycles. The Kier molecular flexibility index (Phi) is 7.15. The predicted molar refractivity (Wildman–Crippen MR) is 123 cm³/mol. The Balaban J connectivity index is 1.21. The van der Waals surface area contributed by atoms with E-state index in [1.165, 1.54) is 38.5 Å². The number of fused-ring (bicyclic) bond motifs is 3. The molecule has 0 saturated heterocycles. The zero-order valence-electron chi connectivity index (χ0n) is 19.5. The van der Waals surface area contributed by atoms with Crippen LogP contribution in [0, 0.1) is 34.5 Å². The summed E-state index contributed by atoms with van der Waals surface area (Å²) in [5.41, 5.74) is 1.60. The molecule has 0 heteroatoms. The van der Waals surface area contributed by atoms with Crippen LogP contribution >= 0.6 is 0 Å². The van der Waals surface area contributed by atoms with Gasteiger partial charge in [-0.3, -0.25) is 0 Å². The third kappa shape index (κ3) is 4.51. The first-order valence-electron chi connectivity index (χ1n) is 13.7. The molecule has 0 radical (unpaired) electrons. The molecule has 162 valence electrons. The van der Waals surface area contributed by atoms with Gasteiger partial charge in [0.2, 0.25) is 0 Å². The highest BCUT2D eigenvalue weighted by Gasteiger charge is 2.51. The van der Waals surface area contributed by atoms with Crippen LogP contribution < -0.4 is 0 Å². The summed E-state index contributed by atoms with van der Waals surface area (Å²) in [5, 5.41) is 0. The Morgan fingerprint density at radius 1 is 0.607 bits per heavy atom. The molecule has 5 aliphatic carbocycles. The quantitative estimate of drug-likeness (QED) is 0.364. The second kappa shape index (κ2) is 9.43. The molecule has 0 aromatic carbocycles. The van der Waals surface area contributed by atoms with Crippen LogP contribution in [0.4, 0.5) is 0 Å². The van der Waals surface area contributed by atoms with Crippen LogP contribution in [0.5, 0.6) is 0 Å². The first kappa shape index (κ1) is 21.2. The average Bonchev–Trinajstić information content (AvgIpc) is 2.76. The normalized spacial score (nSPS) is 43.9. The van der Waals surface area contributed by atoms with Gasteiger partial charge < -0.3 is 0 Å². The van der Waals surface area contributed by atoms with E-state index in [9.17, 15) is 0 Å². The summed E-state index contributed by atoms with van der Waals surface area (Å²) in [6, 6.07) is 0. The molecular weight excluding hydrogens is 336 g/mol. The van der Waals surface area contributed by atoms with Crippen molar-refractivity contribution in [2.75, 3.05) is 0 Å². The van der Waals surface area contributed by atoms with E-state index < -0.39 is 0 Å². The van der Waals surface area contributed by atoms with Gasteiger partial charge in [0.25, 0.3) is 0 Å². The van der Waals surface area contributed by atoms with E-state index in [-0.39, 0.29) is 0 Å². The molecule has 5 fully saturated rings. The summed E-state index contributed by atoms with van der Waals surface area (Å²) in [5.74, 6) is 4.41. The van der Waals surface area contributed by atoms with E-state index in [1.807, 2.05) is 0 Å². The molecule has 0 nitrogen and oxygen atoms in total. The minimum absolute atomic E-state index is 0.795. The fraction of sp³-hybridized carbons (Fsp3) is 1.00. The summed E-state index contributed by atoms with van der Waals surface area (Å²) in [7, 11) is 0. The molecule has 5 rings (SSSR count). The average molecular weight is 387 g/mol. The van der Waals surface area contributed by atoms with Crippen molar-refractivity contribution >= 4 is 0 Å². The van der Waals surface area contributed by atoms with Crippen LogP contribution in [0.1, 0.15) is 142 Å². The smallest absolute Gasteiger partial charge is 0.0269 e. The first-order chi connectivity index (χ1) is 13.7. The molecule has 0 aromatic heterocycles. The molecule has 0 aromatic rings. The highest BCUT2D eigenvalue weighted by atomic mass is 14.6. The molecule has 0 atom stereocenters. The van der Waals surface area contributed by atoms with Crippen LogP contribution in [-0.4, -0.2) is 0 Å². The summed E-state index contributed by atoms with van der Waals surface area (Å²) < 4.78 is 0. The van der Waals surface area contributed by atoms with Gasteiger partial charge in [0, 0.05) is 0 Å². The van der Waals surface area contributed by atoms with E-state index in [1.54, 1.807) is 89.9 Å². The fourth-order valence-corrected chi connectivity index (χ4v) is 8.64. The summed E-state index contributed by atoms with van der Waals surface area (Å²) in [4.78, 5) is 0. The lowest BCUT2D eigenvalue weighted by molar-refractivity contribution is -0.0674. The van der Waals surface area contributed by atoms with Gasteiger partial charge in [-0.1, -0.05) is 58.8 Å². The summed E-state index contributed by atoms with van der Waals surface area (Å²) >= 11 is 0. The Bertz CT molecular complexity index is 436. The minimum Gasteiger partial charge on any atom is -0.0654 e. The third-order valence-corrected chi connectivity index (χ3v) is 10.7. The molecule has 5 aliphatic rings. The second-order valence-corrected chi connectivity index (χ2v) is 12.0. The molecule has 0 spiro atoms. The van der Waals surface area contributed by atoms with E-state index in [0.29, 0.717) is 0 Å². The van der Waals surface area contributed by atoms with Gasteiger partial charge in [-0.2, -0.15) is 0 Å². The number of hydrogen-bond acceptors (Lipinski definition) is 0. The Morgan fingerprint density at radius 2 is 1.18 bits per heavy atom. The fourth-order valence-electron chi connectivity index (χ4n) is 8.64. The number of hydrogen-bond donors (Lipinski definition) is 0. The van der Waals surface area contributed by atoms with E-state index in [2.05, 4.69) is 13.8 Å². The highest BCUT2D eigenvalue weighted by Crippen LogP contribution is 2.63. The molecule has 0 amide bonds. The van der Waals surface area contributed by atoms with Crippen LogP contribution in [-0.2, 0) is 0 Å². The van der Waals surface area contributed by atoms with E-state index >= 15 is 0 Å². The van der Waals surface area contributed by atoms with E-state index in [0.717, 1.165) is 34.5 Å². The molecule has 5 saturated carbocycles. The van der Waals surface area contributed by atoms with Gasteiger partial charge in [0.1, 0.15) is 0 Å². The standard InChI is InChI=1S/C28H50/c1-3-5-6-7-23-8-10-24(11-9-23)25-12-14-26(15-13-25)28-20-17-27(16-4-2,18-21-28)19-22-28/h23-26H,3-22H2,1-2H3/t23-,24-,25?,26?,27?,28?. The maximum absolute atomic E-state index is 2.41. The van der Waals surface area contributed by atoms with Crippen molar-refractivity contribution in [1.29, 1.82) is 0 Å². The second-order valence-electron chi connectivity index (χ2n) is 12.0. The van der Waals surface area contributed by atoms with E-state index in [4.69, 9.17) is 0 Å². The zero-order valence-corrected chi connectivity index (χ0v) is 19.5. The van der Waals surface area contributed by atoms with Gasteiger partial charge in [-0.15, -0.1) is 0 Å². The zero-order chi connectivity index (χ0) is 19.5. The van der Waals surface area contributed by atoms with Crippen molar-refractivity contribution in [2.24, 2.45) is 34.5 Å². The Labute approximate surface area is 177 Å². The molecular formula is C28H50. The largest absolute Gasteiger partial charge is 0.0654 e. The van der Waals surface area contributed by atoms with Crippen LogP contribution in [0.15, 0.2) is 0 Å². The Hall–Kier alpha value is 0. The Morgan fingerprint density at radius 3 is 1.71 bits per heavy atom. The van der Waals surface area contributed by atoms with Gasteiger partial charge in [0.05, 0.1) is 0 Å². The minimum atomic E-state index is 0.795. The van der Waals surface area contributed by atoms with Gasteiger partial charge in [0.15, 0.2) is 0 Å². The predicted octanol–water partition coefficient (Wildman–Crippen LogP) is 9.32. The van der Waals surface area contributed by atoms with Crippen molar-refractivity contribution in [2.45, 2.75) is 142 Å². The molecule has 0 N–H and O–H groups in total. The highest BCUT2D eigenvalue weighted by molar-refractivity contribution is 5.02. The molecule has 0 aliphatic heterocycles. The number of unbranched alkanes of at least 4 members (excludes halogenated alkanes) is 2. The first-order valence-corrected chi connectivity index (χ1v) is 13.7. The van der Waals surface area contributed by atoms with Gasteiger partial charge >= 0.3 is 0 Å². The van der Waals surface area contributed by atoms with Crippen LogP contribution in [0.25, 0.3) is 0 Å². The number of rotatable bonds is 8. The van der Waals surface area contributed by atoms with Gasteiger partial charge in [-0.25, -0.2) is 0 Å². The van der Waals surface area contributed by atoms with Crippen molar-refractivity contribution in [1.82, 2.24) is 0 Å². The molecule has 2 bridgehead atoms. The lowest BCUT2D eigenvalue weighted by Crippen LogP contribution is -2.46.